The number of amides is 2. The zero-order valence-electron chi connectivity index (χ0n) is 18.6. The number of esters is 1. The van der Waals surface area contributed by atoms with Crippen LogP contribution in [0.25, 0.3) is 11.8 Å². The van der Waals surface area contributed by atoms with Crippen LogP contribution in [0.3, 0.4) is 0 Å². The number of benzene rings is 2. The molecule has 2 heterocycles. The minimum Gasteiger partial charge on any atom is -0.465 e. The molecule has 0 N–H and O–H groups in total. The molecule has 4 rings (SSSR count). The van der Waals surface area contributed by atoms with Gasteiger partial charge in [-0.2, -0.15) is 0 Å². The van der Waals surface area contributed by atoms with Gasteiger partial charge in [0.2, 0.25) is 0 Å². The zero-order valence-corrected chi connectivity index (χ0v) is 20.2. The van der Waals surface area contributed by atoms with E-state index in [0.717, 1.165) is 45.4 Å². The minimum absolute atomic E-state index is 0.0350. The molecule has 1 aliphatic rings. The van der Waals surface area contributed by atoms with Crippen LogP contribution in [0.5, 0.6) is 0 Å². The predicted molar refractivity (Wildman–Crippen MR) is 130 cm³/mol. The lowest BCUT2D eigenvalue weighted by Gasteiger charge is -2.13. The summed E-state index contributed by atoms with van der Waals surface area (Å²) >= 11 is 6.92. The SMILES string of the molecule is COC(=O)c1ccc(-n2c(C)cc(/C=C3\SC(=O)N(Cc4ccc(F)cc4Cl)C3=O)c2C)cc1. The third kappa shape index (κ3) is 4.51. The maximum Gasteiger partial charge on any atom is 0.337 e. The van der Waals surface area contributed by atoms with Crippen molar-refractivity contribution in [3.05, 3.63) is 92.4 Å². The molecule has 174 valence electrons. The Morgan fingerprint density at radius 2 is 1.82 bits per heavy atom. The fourth-order valence-corrected chi connectivity index (χ4v) is 4.85. The predicted octanol–water partition coefficient (Wildman–Crippen LogP) is 5.91. The average molecular weight is 499 g/mol. The van der Waals surface area contributed by atoms with Gasteiger partial charge in [-0.15, -0.1) is 0 Å². The molecule has 0 atom stereocenters. The molecule has 34 heavy (non-hydrogen) atoms. The number of methoxy groups -OCH3 is 1. The number of aromatic nitrogens is 1. The quantitative estimate of drug-likeness (QED) is 0.323. The van der Waals surface area contributed by atoms with Crippen molar-refractivity contribution in [1.29, 1.82) is 0 Å². The van der Waals surface area contributed by atoms with E-state index in [1.807, 2.05) is 36.6 Å². The highest BCUT2D eigenvalue weighted by atomic mass is 35.5. The van der Waals surface area contributed by atoms with Crippen LogP contribution >= 0.6 is 23.4 Å². The van der Waals surface area contributed by atoms with Crippen molar-refractivity contribution in [2.75, 3.05) is 7.11 Å². The van der Waals surface area contributed by atoms with Gasteiger partial charge in [-0.3, -0.25) is 14.5 Å². The van der Waals surface area contributed by atoms with Gasteiger partial charge in [0.25, 0.3) is 11.1 Å². The summed E-state index contributed by atoms with van der Waals surface area (Å²) in [6, 6.07) is 12.8. The highest BCUT2D eigenvalue weighted by Crippen LogP contribution is 2.35. The number of hydrogen-bond acceptors (Lipinski definition) is 5. The van der Waals surface area contributed by atoms with Gasteiger partial charge in [-0.25, -0.2) is 9.18 Å². The summed E-state index contributed by atoms with van der Waals surface area (Å²) in [6.45, 7) is 3.81. The first-order chi connectivity index (χ1) is 16.2. The molecular formula is C25H20ClFN2O4S. The van der Waals surface area contributed by atoms with E-state index >= 15 is 0 Å². The highest BCUT2D eigenvalue weighted by Gasteiger charge is 2.35. The molecule has 2 aromatic carbocycles. The van der Waals surface area contributed by atoms with E-state index in [1.165, 1.54) is 19.2 Å². The van der Waals surface area contributed by atoms with Crippen molar-refractivity contribution in [3.8, 4) is 5.69 Å². The van der Waals surface area contributed by atoms with Gasteiger partial charge in [0.05, 0.1) is 24.1 Å². The van der Waals surface area contributed by atoms with Gasteiger partial charge in [0.1, 0.15) is 5.82 Å². The normalized spacial score (nSPS) is 14.9. The molecule has 0 spiro atoms. The first-order valence-corrected chi connectivity index (χ1v) is 11.5. The molecule has 1 fully saturated rings. The largest absolute Gasteiger partial charge is 0.465 e. The fraction of sp³-hybridized carbons (Fsp3) is 0.160. The molecule has 1 aromatic heterocycles. The summed E-state index contributed by atoms with van der Waals surface area (Å²) in [5.41, 5.74) is 4.37. The van der Waals surface area contributed by atoms with Gasteiger partial charge in [-0.05, 0) is 85.3 Å². The second-order valence-electron chi connectivity index (χ2n) is 7.70. The molecular weight excluding hydrogens is 479 g/mol. The van der Waals surface area contributed by atoms with Crippen molar-refractivity contribution < 1.29 is 23.5 Å². The lowest BCUT2D eigenvalue weighted by atomic mass is 10.2. The van der Waals surface area contributed by atoms with Crippen molar-refractivity contribution in [1.82, 2.24) is 9.47 Å². The second kappa shape index (κ2) is 9.48. The van der Waals surface area contributed by atoms with Gasteiger partial charge in [-0.1, -0.05) is 17.7 Å². The number of rotatable bonds is 5. The second-order valence-corrected chi connectivity index (χ2v) is 9.10. The number of carbonyl (C=O) groups excluding carboxylic acids is 3. The Kier molecular flexibility index (Phi) is 6.63. The van der Waals surface area contributed by atoms with E-state index in [4.69, 9.17) is 16.3 Å². The Morgan fingerprint density at radius 3 is 2.47 bits per heavy atom. The molecule has 0 bridgehead atoms. The monoisotopic (exact) mass is 498 g/mol. The van der Waals surface area contributed by atoms with E-state index in [0.29, 0.717) is 16.0 Å². The Bertz CT molecular complexity index is 1350. The van der Waals surface area contributed by atoms with Crippen LogP contribution in [0, 0.1) is 19.7 Å². The molecule has 0 radical (unpaired) electrons. The van der Waals surface area contributed by atoms with E-state index in [-0.39, 0.29) is 11.6 Å². The maximum absolute atomic E-state index is 13.3. The number of thioether (sulfide) groups is 1. The number of hydrogen-bond donors (Lipinski definition) is 0. The van der Waals surface area contributed by atoms with Gasteiger partial charge in [0, 0.05) is 22.1 Å². The van der Waals surface area contributed by atoms with E-state index in [1.54, 1.807) is 18.2 Å². The van der Waals surface area contributed by atoms with Crippen LogP contribution < -0.4 is 0 Å². The van der Waals surface area contributed by atoms with Crippen molar-refractivity contribution in [2.24, 2.45) is 0 Å². The molecule has 1 aliphatic heterocycles. The molecule has 3 aromatic rings. The van der Waals surface area contributed by atoms with Crippen molar-refractivity contribution >= 4 is 46.6 Å². The van der Waals surface area contributed by atoms with E-state index in [9.17, 15) is 18.8 Å². The topological polar surface area (TPSA) is 68.6 Å². The fourth-order valence-electron chi connectivity index (χ4n) is 3.79. The van der Waals surface area contributed by atoms with Crippen LogP contribution in [0.15, 0.2) is 53.4 Å². The summed E-state index contributed by atoms with van der Waals surface area (Å²) in [4.78, 5) is 38.6. The average Bonchev–Trinajstić information content (AvgIpc) is 3.24. The molecule has 2 amide bonds. The number of halogens is 2. The number of carbonyl (C=O) groups is 3. The Balaban J connectivity index is 1.60. The Labute approximate surface area is 205 Å². The van der Waals surface area contributed by atoms with Crippen molar-refractivity contribution in [3.63, 3.8) is 0 Å². The molecule has 1 saturated heterocycles. The molecule has 6 nitrogen and oxygen atoms in total. The van der Waals surface area contributed by atoms with Gasteiger partial charge >= 0.3 is 5.97 Å². The Morgan fingerprint density at radius 1 is 1.12 bits per heavy atom. The van der Waals surface area contributed by atoms with Crippen LogP contribution in [-0.4, -0.2) is 33.7 Å². The van der Waals surface area contributed by atoms with Gasteiger partial charge < -0.3 is 9.30 Å². The number of imide groups is 1. The van der Waals surface area contributed by atoms with Gasteiger partial charge in [0.15, 0.2) is 0 Å². The summed E-state index contributed by atoms with van der Waals surface area (Å²) in [5.74, 6) is -1.33. The smallest absolute Gasteiger partial charge is 0.337 e. The van der Waals surface area contributed by atoms with Crippen molar-refractivity contribution in [2.45, 2.75) is 20.4 Å². The molecule has 0 aliphatic carbocycles. The number of ether oxygens (including phenoxy) is 1. The van der Waals surface area contributed by atoms with Crippen LogP contribution in [0.2, 0.25) is 5.02 Å². The summed E-state index contributed by atoms with van der Waals surface area (Å²) in [5, 5.41) is -0.256. The number of aryl methyl sites for hydroxylation is 1. The first-order valence-electron chi connectivity index (χ1n) is 10.3. The lowest BCUT2D eigenvalue weighted by molar-refractivity contribution is -0.123. The van der Waals surface area contributed by atoms with E-state index in [2.05, 4.69) is 0 Å². The van der Waals surface area contributed by atoms with Crippen LogP contribution in [-0.2, 0) is 16.1 Å². The third-order valence-electron chi connectivity index (χ3n) is 5.52. The first kappa shape index (κ1) is 23.8. The highest BCUT2D eigenvalue weighted by molar-refractivity contribution is 8.18. The Hall–Kier alpha value is -3.36. The summed E-state index contributed by atoms with van der Waals surface area (Å²) in [6.07, 6.45) is 1.69. The lowest BCUT2D eigenvalue weighted by Crippen LogP contribution is -2.27. The summed E-state index contributed by atoms with van der Waals surface area (Å²) < 4.78 is 20.1. The maximum atomic E-state index is 13.3. The summed E-state index contributed by atoms with van der Waals surface area (Å²) in [7, 11) is 1.33. The standard InChI is InChI=1S/C25H20ClFN2O4S/c1-14-10-18(15(2)29(14)20-8-5-16(6-9-20)24(31)33-3)11-22-23(30)28(25(32)34-22)13-17-4-7-19(27)12-21(17)26/h4-12H,13H2,1-3H3/b22-11-. The molecule has 0 saturated carbocycles. The van der Waals surface area contributed by atoms with Crippen LogP contribution in [0.4, 0.5) is 9.18 Å². The number of nitrogens with zero attached hydrogens (tertiary/aromatic N) is 2. The third-order valence-corrected chi connectivity index (χ3v) is 6.78. The zero-order chi connectivity index (χ0) is 24.6. The minimum atomic E-state index is -0.488. The molecule has 0 unspecified atom stereocenters. The van der Waals surface area contributed by atoms with E-state index < -0.39 is 22.9 Å². The van der Waals surface area contributed by atoms with Crippen LogP contribution in [0.1, 0.15) is 32.9 Å². The molecule has 9 heteroatoms.